The molecule has 0 aliphatic rings. The molecule has 0 fully saturated rings. The van der Waals surface area contributed by atoms with E-state index in [1.54, 1.807) is 0 Å². The molecule has 0 spiro atoms. The zero-order valence-electron chi connectivity index (χ0n) is 32.0. The maximum absolute atomic E-state index is 7.00. The van der Waals surface area contributed by atoms with Crippen molar-refractivity contribution in [2.24, 2.45) is 0 Å². The monoisotopic (exact) mass is 769 g/mol. The van der Waals surface area contributed by atoms with Crippen molar-refractivity contribution in [3.05, 3.63) is 212 Å². The van der Waals surface area contributed by atoms with Gasteiger partial charge in [-0.25, -0.2) is 0 Å². The number of hydrogen-bond acceptors (Lipinski definition) is 3. The van der Waals surface area contributed by atoms with Crippen LogP contribution in [-0.4, -0.2) is 0 Å². The lowest BCUT2D eigenvalue weighted by Gasteiger charge is -2.26. The van der Waals surface area contributed by atoms with Crippen LogP contribution in [0.15, 0.2) is 217 Å². The Morgan fingerprint density at radius 2 is 0.881 bits per heavy atom. The fraction of sp³-hybridized carbons (Fsp3) is 0. The molecule has 0 radical (unpaired) electrons. The molecule has 0 amide bonds. The van der Waals surface area contributed by atoms with Crippen molar-refractivity contribution >= 4 is 92.1 Å². The van der Waals surface area contributed by atoms with Gasteiger partial charge in [-0.3, -0.25) is 0 Å². The van der Waals surface area contributed by atoms with Crippen LogP contribution < -0.4 is 4.90 Å². The molecular weight excluding hydrogens is 735 g/mol. The number of anilines is 3. The summed E-state index contributed by atoms with van der Waals surface area (Å²) in [4.78, 5) is 2.35. The van der Waals surface area contributed by atoms with Gasteiger partial charge in [0.2, 0.25) is 0 Å². The van der Waals surface area contributed by atoms with Crippen LogP contribution in [0.5, 0.6) is 0 Å². The molecule has 12 aromatic rings. The van der Waals surface area contributed by atoms with Crippen LogP contribution in [0, 0.1) is 0 Å². The van der Waals surface area contributed by atoms with E-state index in [1.807, 2.05) is 11.3 Å². The lowest BCUT2D eigenvalue weighted by atomic mass is 9.93. The maximum atomic E-state index is 7.00. The molecule has 0 aliphatic heterocycles. The fourth-order valence-electron chi connectivity index (χ4n) is 9.10. The molecule has 3 heteroatoms. The number of thiophene rings is 1. The van der Waals surface area contributed by atoms with Gasteiger partial charge in [-0.05, 0) is 91.8 Å². The van der Waals surface area contributed by atoms with Gasteiger partial charge in [-0.2, -0.15) is 0 Å². The quantitative estimate of drug-likeness (QED) is 0.157. The molecular formula is C56H35NOS. The molecule has 2 nitrogen and oxygen atoms in total. The van der Waals surface area contributed by atoms with Crippen LogP contribution in [0.3, 0.4) is 0 Å². The summed E-state index contributed by atoms with van der Waals surface area (Å²) >= 11 is 1.87. The highest BCUT2D eigenvalue weighted by Gasteiger charge is 2.22. The molecule has 0 saturated heterocycles. The Hall–Kier alpha value is -7.46. The summed E-state index contributed by atoms with van der Waals surface area (Å²) in [6.07, 6.45) is 0. The van der Waals surface area contributed by atoms with Gasteiger partial charge in [-0.1, -0.05) is 170 Å². The second-order valence-corrected chi connectivity index (χ2v) is 16.3. The average Bonchev–Trinajstić information content (AvgIpc) is 3.89. The van der Waals surface area contributed by atoms with Crippen LogP contribution in [0.2, 0.25) is 0 Å². The lowest BCUT2D eigenvalue weighted by molar-refractivity contribution is 0.670. The third kappa shape index (κ3) is 5.47. The SMILES string of the molecule is c1ccc(-c2cccc3c2oc2c(N(c4ccc(-c5cc6ccccc6c6ccccc56)cc4)c4ccc(-c5cccc6c5sc5ccccc56)cc4)cccc23)cc1. The number of benzene rings is 10. The van der Waals surface area contributed by atoms with Crippen LogP contribution in [0.4, 0.5) is 17.1 Å². The van der Waals surface area contributed by atoms with Gasteiger partial charge in [0.25, 0.3) is 0 Å². The van der Waals surface area contributed by atoms with E-state index in [0.29, 0.717) is 0 Å². The van der Waals surface area contributed by atoms with E-state index in [4.69, 9.17) is 4.42 Å². The topological polar surface area (TPSA) is 16.4 Å². The van der Waals surface area contributed by atoms with E-state index < -0.39 is 0 Å². The summed E-state index contributed by atoms with van der Waals surface area (Å²) < 4.78 is 9.63. The molecule has 59 heavy (non-hydrogen) atoms. The molecule has 2 aromatic heterocycles. The highest BCUT2D eigenvalue weighted by molar-refractivity contribution is 7.26. The molecule has 2 heterocycles. The van der Waals surface area contributed by atoms with Crippen LogP contribution in [-0.2, 0) is 0 Å². The minimum Gasteiger partial charge on any atom is -0.453 e. The van der Waals surface area contributed by atoms with Gasteiger partial charge >= 0.3 is 0 Å². The number of nitrogens with zero attached hydrogens (tertiary/aromatic N) is 1. The van der Waals surface area contributed by atoms with Crippen LogP contribution in [0.25, 0.3) is 97.0 Å². The summed E-state index contributed by atoms with van der Waals surface area (Å²) in [5, 5.41) is 9.85. The van der Waals surface area contributed by atoms with Crippen molar-refractivity contribution in [1.82, 2.24) is 0 Å². The van der Waals surface area contributed by atoms with Gasteiger partial charge in [-0.15, -0.1) is 11.3 Å². The summed E-state index contributed by atoms with van der Waals surface area (Å²) in [6.45, 7) is 0. The molecule has 0 saturated carbocycles. The molecule has 0 unspecified atom stereocenters. The standard InChI is InChI=1S/C56H35NOS/c1-2-13-36(14-3-1)43-20-10-22-48-49-23-12-25-52(55(49)58-54(43)48)57(40-31-27-37(28-32-40)44-21-11-24-50-47-19-8-9-26-53(47)59-56(44)50)41-33-29-38(30-34-41)51-35-39-15-4-5-16-42(39)45-17-6-7-18-46(45)51/h1-35H. The zero-order valence-corrected chi connectivity index (χ0v) is 32.8. The first-order valence-corrected chi connectivity index (χ1v) is 20.9. The van der Waals surface area contributed by atoms with Crippen LogP contribution in [0.1, 0.15) is 0 Å². The molecule has 276 valence electrons. The normalized spacial score (nSPS) is 11.7. The summed E-state index contributed by atoms with van der Waals surface area (Å²) in [7, 11) is 0. The summed E-state index contributed by atoms with van der Waals surface area (Å²) in [6, 6.07) is 76.7. The minimum atomic E-state index is 0.856. The molecule has 0 N–H and O–H groups in total. The van der Waals surface area contributed by atoms with E-state index in [-0.39, 0.29) is 0 Å². The van der Waals surface area contributed by atoms with E-state index in [2.05, 4.69) is 217 Å². The number of hydrogen-bond donors (Lipinski definition) is 0. The molecule has 0 bridgehead atoms. The Morgan fingerprint density at radius 3 is 1.64 bits per heavy atom. The Morgan fingerprint density at radius 1 is 0.339 bits per heavy atom. The van der Waals surface area contributed by atoms with E-state index in [0.717, 1.165) is 50.1 Å². The zero-order chi connectivity index (χ0) is 38.9. The Kier molecular flexibility index (Phi) is 7.75. The van der Waals surface area contributed by atoms with Crippen molar-refractivity contribution in [3.8, 4) is 33.4 Å². The third-order valence-electron chi connectivity index (χ3n) is 11.9. The first kappa shape index (κ1) is 33.7. The Bertz CT molecular complexity index is 3540. The number of furan rings is 1. The highest BCUT2D eigenvalue weighted by Crippen LogP contribution is 2.46. The third-order valence-corrected chi connectivity index (χ3v) is 13.1. The molecule has 0 atom stereocenters. The fourth-order valence-corrected chi connectivity index (χ4v) is 10.3. The lowest BCUT2D eigenvalue weighted by Crippen LogP contribution is -2.10. The minimum absolute atomic E-state index is 0.856. The van der Waals surface area contributed by atoms with Gasteiger partial charge in [0, 0.05) is 47.9 Å². The Balaban J connectivity index is 1.03. The maximum Gasteiger partial charge on any atom is 0.159 e. The highest BCUT2D eigenvalue weighted by atomic mass is 32.1. The van der Waals surface area contributed by atoms with Gasteiger partial charge in [0.05, 0.1) is 5.69 Å². The van der Waals surface area contributed by atoms with Gasteiger partial charge in [0.1, 0.15) is 5.58 Å². The predicted octanol–water partition coefficient (Wildman–Crippen LogP) is 16.7. The van der Waals surface area contributed by atoms with Crippen molar-refractivity contribution in [2.75, 3.05) is 4.90 Å². The van der Waals surface area contributed by atoms with Gasteiger partial charge in [0.15, 0.2) is 5.58 Å². The van der Waals surface area contributed by atoms with Crippen molar-refractivity contribution in [3.63, 3.8) is 0 Å². The van der Waals surface area contributed by atoms with Crippen molar-refractivity contribution in [1.29, 1.82) is 0 Å². The largest absolute Gasteiger partial charge is 0.453 e. The van der Waals surface area contributed by atoms with E-state index >= 15 is 0 Å². The molecule has 12 rings (SSSR count). The van der Waals surface area contributed by atoms with E-state index in [1.165, 1.54) is 64.0 Å². The Labute approximate surface area is 345 Å². The van der Waals surface area contributed by atoms with Crippen LogP contribution >= 0.6 is 11.3 Å². The smallest absolute Gasteiger partial charge is 0.159 e. The second-order valence-electron chi connectivity index (χ2n) is 15.2. The van der Waals surface area contributed by atoms with E-state index in [9.17, 15) is 0 Å². The number of rotatable bonds is 6. The number of fused-ring (bicyclic) bond motifs is 9. The average molecular weight is 770 g/mol. The first-order chi connectivity index (χ1) is 29.3. The number of para-hydroxylation sites is 2. The first-order valence-electron chi connectivity index (χ1n) is 20.1. The van der Waals surface area contributed by atoms with Gasteiger partial charge < -0.3 is 9.32 Å². The molecule has 0 aliphatic carbocycles. The summed E-state index contributed by atoms with van der Waals surface area (Å²) in [5.41, 5.74) is 11.9. The van der Waals surface area contributed by atoms with Crippen molar-refractivity contribution in [2.45, 2.75) is 0 Å². The second kappa shape index (κ2) is 13.6. The van der Waals surface area contributed by atoms with Crippen molar-refractivity contribution < 1.29 is 4.42 Å². The summed E-state index contributed by atoms with van der Waals surface area (Å²) in [5.74, 6) is 0. The predicted molar refractivity (Wildman–Crippen MR) is 253 cm³/mol. The molecule has 10 aromatic carbocycles.